The Morgan fingerprint density at radius 1 is 0.958 bits per heavy atom. The van der Waals surface area contributed by atoms with E-state index in [-0.39, 0.29) is 36.4 Å². The number of halogens is 2. The summed E-state index contributed by atoms with van der Waals surface area (Å²) in [5.74, 6) is 0.877. The highest BCUT2D eigenvalue weighted by molar-refractivity contribution is 5.85. The Balaban J connectivity index is 0.00000144. The summed E-state index contributed by atoms with van der Waals surface area (Å²) in [6.45, 7) is 6.28. The first-order valence-electron chi connectivity index (χ1n) is 7.73. The van der Waals surface area contributed by atoms with Gasteiger partial charge in [0.25, 0.3) is 0 Å². The molecular weight excluding hydrogens is 343 g/mol. The summed E-state index contributed by atoms with van der Waals surface area (Å²) in [7, 11) is 1.69. The second-order valence-corrected chi connectivity index (χ2v) is 6.57. The van der Waals surface area contributed by atoms with E-state index in [1.165, 1.54) is 16.7 Å². The molecule has 0 saturated carbocycles. The number of ether oxygens (including phenoxy) is 1. The van der Waals surface area contributed by atoms with Gasteiger partial charge in [0.15, 0.2) is 0 Å². The van der Waals surface area contributed by atoms with Gasteiger partial charge < -0.3 is 10.5 Å². The fourth-order valence-electron chi connectivity index (χ4n) is 3.20. The van der Waals surface area contributed by atoms with Crippen molar-refractivity contribution >= 4 is 24.8 Å². The lowest BCUT2D eigenvalue weighted by atomic mass is 9.81. The molecule has 1 aliphatic heterocycles. The monoisotopic (exact) mass is 368 g/mol. The minimum absolute atomic E-state index is 0. The molecule has 0 fully saturated rings. The van der Waals surface area contributed by atoms with Crippen molar-refractivity contribution in [2.24, 2.45) is 5.73 Å². The number of hydrogen-bond acceptors (Lipinski definition) is 3. The zero-order valence-electron chi connectivity index (χ0n) is 14.4. The lowest BCUT2D eigenvalue weighted by Gasteiger charge is -2.38. The Kier molecular flexibility index (Phi) is 7.11. The Bertz CT molecular complexity index is 634. The SMILES string of the molecule is COc1ccc(C(C)(C)C(N)N2Cc3ccccc3C2)cc1.Cl.Cl. The Hall–Kier alpha value is -1.26. The molecule has 1 atom stereocenters. The van der Waals surface area contributed by atoms with Crippen LogP contribution in [-0.2, 0) is 18.5 Å². The molecule has 2 N–H and O–H groups in total. The Morgan fingerprint density at radius 3 is 1.92 bits per heavy atom. The third kappa shape index (κ3) is 3.86. The first-order valence-corrected chi connectivity index (χ1v) is 7.73. The van der Waals surface area contributed by atoms with Crippen molar-refractivity contribution in [2.75, 3.05) is 7.11 Å². The summed E-state index contributed by atoms with van der Waals surface area (Å²) in [5, 5.41) is 0. The van der Waals surface area contributed by atoms with Crippen molar-refractivity contribution in [1.82, 2.24) is 4.90 Å². The minimum Gasteiger partial charge on any atom is -0.497 e. The predicted octanol–water partition coefficient (Wildman–Crippen LogP) is 4.12. The summed E-state index contributed by atoms with van der Waals surface area (Å²) < 4.78 is 5.24. The van der Waals surface area contributed by atoms with Crippen LogP contribution in [0.2, 0.25) is 0 Å². The number of nitrogens with two attached hydrogens (primary N) is 1. The van der Waals surface area contributed by atoms with Crippen molar-refractivity contribution < 1.29 is 4.74 Å². The van der Waals surface area contributed by atoms with Gasteiger partial charge in [-0.2, -0.15) is 0 Å². The summed E-state index contributed by atoms with van der Waals surface area (Å²) >= 11 is 0. The van der Waals surface area contributed by atoms with Crippen molar-refractivity contribution in [3.8, 4) is 5.75 Å². The molecule has 3 rings (SSSR count). The largest absolute Gasteiger partial charge is 0.497 e. The number of rotatable bonds is 4. The van der Waals surface area contributed by atoms with Gasteiger partial charge in [-0.05, 0) is 28.8 Å². The first-order chi connectivity index (χ1) is 10.5. The zero-order valence-corrected chi connectivity index (χ0v) is 16.0. The van der Waals surface area contributed by atoms with E-state index in [4.69, 9.17) is 10.5 Å². The van der Waals surface area contributed by atoms with E-state index in [2.05, 4.69) is 55.1 Å². The van der Waals surface area contributed by atoms with E-state index < -0.39 is 0 Å². The van der Waals surface area contributed by atoms with Crippen LogP contribution in [0.3, 0.4) is 0 Å². The molecule has 0 saturated heterocycles. The van der Waals surface area contributed by atoms with Crippen molar-refractivity contribution in [2.45, 2.75) is 38.5 Å². The average molecular weight is 369 g/mol. The van der Waals surface area contributed by atoms with Gasteiger partial charge in [-0.15, -0.1) is 24.8 Å². The number of nitrogens with zero attached hydrogens (tertiary/aromatic N) is 1. The van der Waals surface area contributed by atoms with Crippen LogP contribution in [0.5, 0.6) is 5.75 Å². The molecule has 132 valence electrons. The van der Waals surface area contributed by atoms with E-state index in [1.807, 2.05) is 12.1 Å². The van der Waals surface area contributed by atoms with Gasteiger partial charge in [0.1, 0.15) is 5.75 Å². The number of hydrogen-bond donors (Lipinski definition) is 1. The number of benzene rings is 2. The minimum atomic E-state index is -0.131. The average Bonchev–Trinajstić information content (AvgIpc) is 2.98. The molecule has 3 nitrogen and oxygen atoms in total. The van der Waals surface area contributed by atoms with E-state index in [0.717, 1.165) is 18.8 Å². The molecule has 24 heavy (non-hydrogen) atoms. The van der Waals surface area contributed by atoms with Crippen LogP contribution in [0.1, 0.15) is 30.5 Å². The molecule has 0 aromatic heterocycles. The highest BCUT2D eigenvalue weighted by Gasteiger charge is 2.35. The van der Waals surface area contributed by atoms with Crippen molar-refractivity contribution in [3.63, 3.8) is 0 Å². The molecular formula is C19H26Cl2N2O. The van der Waals surface area contributed by atoms with Gasteiger partial charge in [-0.3, -0.25) is 4.90 Å². The maximum atomic E-state index is 6.63. The second-order valence-electron chi connectivity index (χ2n) is 6.57. The normalized spacial score (nSPS) is 15.0. The first kappa shape index (κ1) is 20.8. The van der Waals surface area contributed by atoms with Crippen molar-refractivity contribution in [3.05, 3.63) is 65.2 Å². The zero-order chi connectivity index (χ0) is 15.7. The molecule has 2 aromatic rings. The summed E-state index contributed by atoms with van der Waals surface area (Å²) in [4.78, 5) is 2.36. The van der Waals surface area contributed by atoms with E-state index in [1.54, 1.807) is 7.11 Å². The molecule has 2 aromatic carbocycles. The molecule has 0 amide bonds. The van der Waals surface area contributed by atoms with Crippen LogP contribution in [0, 0.1) is 0 Å². The molecule has 1 aliphatic rings. The topological polar surface area (TPSA) is 38.5 Å². The fourth-order valence-corrected chi connectivity index (χ4v) is 3.20. The van der Waals surface area contributed by atoms with Crippen LogP contribution in [0.4, 0.5) is 0 Å². The van der Waals surface area contributed by atoms with Crippen LogP contribution in [0.25, 0.3) is 0 Å². The van der Waals surface area contributed by atoms with Gasteiger partial charge in [0, 0.05) is 18.5 Å². The van der Waals surface area contributed by atoms with Gasteiger partial charge >= 0.3 is 0 Å². The number of fused-ring (bicyclic) bond motifs is 1. The Morgan fingerprint density at radius 2 is 1.46 bits per heavy atom. The summed E-state index contributed by atoms with van der Waals surface area (Å²) in [5.41, 5.74) is 10.5. The fraction of sp³-hybridized carbons (Fsp3) is 0.368. The number of methoxy groups -OCH3 is 1. The molecule has 1 unspecified atom stereocenters. The second kappa shape index (κ2) is 8.21. The standard InChI is InChI=1S/C19H24N2O.2ClH/c1-19(2,16-8-10-17(22-3)11-9-16)18(20)21-12-14-6-4-5-7-15(14)13-21;;/h4-11,18H,12-13,20H2,1-3H3;2*1H. The highest BCUT2D eigenvalue weighted by atomic mass is 35.5. The van der Waals surface area contributed by atoms with Crippen LogP contribution in [-0.4, -0.2) is 18.2 Å². The molecule has 0 aliphatic carbocycles. The third-order valence-electron chi connectivity index (χ3n) is 4.83. The van der Waals surface area contributed by atoms with Gasteiger partial charge in [0.2, 0.25) is 0 Å². The van der Waals surface area contributed by atoms with Gasteiger partial charge in [-0.25, -0.2) is 0 Å². The molecule has 0 bridgehead atoms. The lowest BCUT2D eigenvalue weighted by molar-refractivity contribution is 0.136. The van der Waals surface area contributed by atoms with Gasteiger partial charge in [-0.1, -0.05) is 50.2 Å². The van der Waals surface area contributed by atoms with E-state index >= 15 is 0 Å². The predicted molar refractivity (Wildman–Crippen MR) is 104 cm³/mol. The van der Waals surface area contributed by atoms with Crippen LogP contribution < -0.4 is 10.5 Å². The smallest absolute Gasteiger partial charge is 0.118 e. The molecule has 1 heterocycles. The lowest BCUT2D eigenvalue weighted by Crippen LogP contribution is -2.51. The third-order valence-corrected chi connectivity index (χ3v) is 4.83. The molecule has 0 radical (unpaired) electrons. The summed E-state index contributed by atoms with van der Waals surface area (Å²) in [6, 6.07) is 16.8. The maximum Gasteiger partial charge on any atom is 0.118 e. The van der Waals surface area contributed by atoms with Crippen LogP contribution in [0.15, 0.2) is 48.5 Å². The quantitative estimate of drug-likeness (QED) is 0.881. The Labute approximate surface area is 157 Å². The maximum absolute atomic E-state index is 6.63. The molecule has 5 heteroatoms. The van der Waals surface area contributed by atoms with E-state index in [0.29, 0.717) is 0 Å². The highest BCUT2D eigenvalue weighted by Crippen LogP contribution is 2.33. The van der Waals surface area contributed by atoms with Crippen molar-refractivity contribution in [1.29, 1.82) is 0 Å². The van der Waals surface area contributed by atoms with Crippen LogP contribution >= 0.6 is 24.8 Å². The molecule has 0 spiro atoms. The van der Waals surface area contributed by atoms with Gasteiger partial charge in [0.05, 0.1) is 13.3 Å². The summed E-state index contributed by atoms with van der Waals surface area (Å²) in [6.07, 6.45) is -0.0340. The van der Waals surface area contributed by atoms with E-state index in [9.17, 15) is 0 Å².